The van der Waals surface area contributed by atoms with E-state index in [9.17, 15) is 9.59 Å². The van der Waals surface area contributed by atoms with Gasteiger partial charge >= 0.3 is 5.97 Å². The van der Waals surface area contributed by atoms with Gasteiger partial charge in [0.1, 0.15) is 5.82 Å². The zero-order valence-electron chi connectivity index (χ0n) is 22.7. The first kappa shape index (κ1) is 27.5. The Labute approximate surface area is 232 Å². The monoisotopic (exact) mass is 546 g/mol. The van der Waals surface area contributed by atoms with Gasteiger partial charge in [0.25, 0.3) is 0 Å². The van der Waals surface area contributed by atoms with E-state index in [0.717, 1.165) is 61.0 Å². The fraction of sp³-hybridized carbons (Fsp3) is 0.414. The fourth-order valence-corrected chi connectivity index (χ4v) is 4.98. The molecule has 3 fully saturated rings. The number of morpholine rings is 2. The topological polar surface area (TPSA) is 144 Å². The number of allylic oxidation sites excluding steroid dienone is 1. The second kappa shape index (κ2) is 11.6. The van der Waals surface area contributed by atoms with Crippen molar-refractivity contribution in [2.24, 2.45) is 5.73 Å². The van der Waals surface area contributed by atoms with Crippen LogP contribution in [0.4, 0.5) is 11.8 Å². The summed E-state index contributed by atoms with van der Waals surface area (Å²) in [5.74, 6) is 0.220. The smallest absolute Gasteiger partial charge is 0.327 e. The minimum atomic E-state index is -0.891. The molecular weight excluding hydrogens is 512 g/mol. The summed E-state index contributed by atoms with van der Waals surface area (Å²) in [4.78, 5) is 40.6. The summed E-state index contributed by atoms with van der Waals surface area (Å²) < 4.78 is 11.7. The van der Waals surface area contributed by atoms with Crippen molar-refractivity contribution in [3.8, 4) is 11.3 Å². The van der Waals surface area contributed by atoms with E-state index in [1.54, 1.807) is 19.1 Å². The van der Waals surface area contributed by atoms with E-state index < -0.39 is 11.9 Å². The number of aromatic nitrogens is 3. The molecule has 3 aromatic rings. The second-order valence-electron chi connectivity index (χ2n) is 10.3. The molecule has 2 saturated heterocycles. The molecule has 1 aliphatic carbocycles. The van der Waals surface area contributed by atoms with Crippen molar-refractivity contribution in [1.29, 1.82) is 0 Å². The number of carboxylic acid groups (broad SMARTS) is 1. The van der Waals surface area contributed by atoms with Gasteiger partial charge in [-0.3, -0.25) is 4.79 Å². The van der Waals surface area contributed by atoms with Crippen molar-refractivity contribution in [1.82, 2.24) is 15.0 Å². The maximum atomic E-state index is 11.7. The largest absolute Gasteiger partial charge is 0.478 e. The highest BCUT2D eigenvalue weighted by molar-refractivity contribution is 5.94. The first-order valence-corrected chi connectivity index (χ1v) is 13.5. The van der Waals surface area contributed by atoms with Crippen molar-refractivity contribution in [3.63, 3.8) is 0 Å². The molecule has 4 heterocycles. The van der Waals surface area contributed by atoms with E-state index >= 15 is 0 Å². The Balaban J connectivity index is 0.000000487. The molecule has 2 aliphatic heterocycles. The minimum Gasteiger partial charge on any atom is -0.478 e. The van der Waals surface area contributed by atoms with Crippen LogP contribution in [0.2, 0.25) is 0 Å². The number of rotatable bonds is 5. The lowest BCUT2D eigenvalue weighted by atomic mass is 10.1. The third-order valence-electron chi connectivity index (χ3n) is 7.26. The predicted octanol–water partition coefficient (Wildman–Crippen LogP) is 3.03. The van der Waals surface area contributed by atoms with E-state index in [1.165, 1.54) is 6.08 Å². The van der Waals surface area contributed by atoms with Crippen LogP contribution in [0.15, 0.2) is 48.6 Å². The highest BCUT2D eigenvalue weighted by Gasteiger charge is 2.48. The van der Waals surface area contributed by atoms with Crippen molar-refractivity contribution < 1.29 is 24.2 Å². The molecule has 0 radical (unpaired) electrons. The van der Waals surface area contributed by atoms with E-state index in [2.05, 4.69) is 16.7 Å². The van der Waals surface area contributed by atoms with Crippen LogP contribution in [-0.4, -0.2) is 83.0 Å². The van der Waals surface area contributed by atoms with Crippen LogP contribution in [0.3, 0.4) is 0 Å². The number of benzene rings is 1. The number of ether oxygens (including phenoxy) is 2. The summed E-state index contributed by atoms with van der Waals surface area (Å²) in [7, 11) is 0. The second-order valence-corrected chi connectivity index (χ2v) is 10.3. The number of fused-ring (bicyclic) bond motifs is 1. The van der Waals surface area contributed by atoms with Crippen molar-refractivity contribution in [2.45, 2.75) is 38.3 Å². The first-order valence-electron chi connectivity index (χ1n) is 13.5. The standard InChI is InChI=1S/C25H28N6O3.C4H6O2/c1-16-14-33-11-10-31(16)23-19-5-6-20(17-3-2-4-18(13-17)21(26)32)27-22(19)28-24(29-23)30-9-12-34-25(15-30)7-8-25;1-2-3-4(5)6/h2-6,13,16H,7-12,14-15H2,1H3,(H2,26,32);2-3H,1H3,(H,5,6)/b;3-2-/t16-;/m0./s1. The number of nitrogens with two attached hydrogens (primary N) is 1. The van der Waals surface area contributed by atoms with Crippen molar-refractivity contribution in [3.05, 3.63) is 54.1 Å². The molecule has 2 aromatic heterocycles. The van der Waals surface area contributed by atoms with Crippen LogP contribution < -0.4 is 15.5 Å². The third kappa shape index (κ3) is 6.05. The van der Waals surface area contributed by atoms with Gasteiger partial charge in [-0.05, 0) is 51.0 Å². The Bertz CT molecular complexity index is 1440. The Morgan fingerprint density at radius 2 is 1.95 bits per heavy atom. The number of hydrogen-bond donors (Lipinski definition) is 2. The summed E-state index contributed by atoms with van der Waals surface area (Å²) in [6.07, 6.45) is 4.73. The zero-order chi connectivity index (χ0) is 28.3. The maximum absolute atomic E-state index is 11.7. The van der Waals surface area contributed by atoms with Gasteiger partial charge in [-0.15, -0.1) is 0 Å². The number of primary amides is 1. The molecule has 6 rings (SSSR count). The number of carbonyl (C=O) groups excluding carboxylic acids is 1. The van der Waals surface area contributed by atoms with Gasteiger partial charge in [-0.25, -0.2) is 9.78 Å². The van der Waals surface area contributed by atoms with Gasteiger partial charge in [0, 0.05) is 36.8 Å². The Morgan fingerprint density at radius 1 is 1.12 bits per heavy atom. The van der Waals surface area contributed by atoms with Crippen LogP contribution in [0.1, 0.15) is 37.0 Å². The van der Waals surface area contributed by atoms with Crippen LogP contribution in [0, 0.1) is 0 Å². The summed E-state index contributed by atoms with van der Waals surface area (Å²) in [5.41, 5.74) is 8.10. The summed E-state index contributed by atoms with van der Waals surface area (Å²) in [6, 6.07) is 11.4. The van der Waals surface area contributed by atoms with Gasteiger partial charge in [0.05, 0.1) is 42.5 Å². The molecule has 1 spiro atoms. The van der Waals surface area contributed by atoms with E-state index in [4.69, 9.17) is 35.3 Å². The number of hydrogen-bond acceptors (Lipinski definition) is 9. The highest BCUT2D eigenvalue weighted by atomic mass is 16.5. The summed E-state index contributed by atoms with van der Waals surface area (Å²) in [6.45, 7) is 8.14. The first-order chi connectivity index (χ1) is 19.3. The Morgan fingerprint density at radius 3 is 2.62 bits per heavy atom. The van der Waals surface area contributed by atoms with E-state index in [-0.39, 0.29) is 11.6 Å². The molecule has 1 amide bonds. The number of nitrogens with zero attached hydrogens (tertiary/aromatic N) is 5. The Hall–Kier alpha value is -4.09. The molecule has 3 aliphatic rings. The van der Waals surface area contributed by atoms with Crippen LogP contribution in [0.25, 0.3) is 22.3 Å². The maximum Gasteiger partial charge on any atom is 0.327 e. The molecule has 1 aromatic carbocycles. The molecular formula is C29H34N6O5. The van der Waals surface area contributed by atoms with Gasteiger partial charge in [0.15, 0.2) is 5.65 Å². The lowest BCUT2D eigenvalue weighted by Gasteiger charge is -2.36. The zero-order valence-corrected chi connectivity index (χ0v) is 22.7. The fourth-order valence-electron chi connectivity index (χ4n) is 4.98. The number of carboxylic acids is 1. The third-order valence-corrected chi connectivity index (χ3v) is 7.26. The SMILES string of the molecule is C/C=C\C(=O)O.C[C@H]1COCCN1c1nc(N2CCOC3(CC3)C2)nc2nc(-c3cccc(C(N)=O)c3)ccc12. The summed E-state index contributed by atoms with van der Waals surface area (Å²) >= 11 is 0. The molecule has 1 atom stereocenters. The lowest BCUT2D eigenvalue weighted by Crippen LogP contribution is -2.46. The van der Waals surface area contributed by atoms with Gasteiger partial charge in [0.2, 0.25) is 11.9 Å². The summed E-state index contributed by atoms with van der Waals surface area (Å²) in [5, 5.41) is 8.73. The van der Waals surface area contributed by atoms with Crippen LogP contribution in [0.5, 0.6) is 0 Å². The molecule has 0 bridgehead atoms. The molecule has 210 valence electrons. The molecule has 0 unspecified atom stereocenters. The Kier molecular flexibility index (Phi) is 7.95. The van der Waals surface area contributed by atoms with Gasteiger partial charge in [-0.1, -0.05) is 18.2 Å². The lowest BCUT2D eigenvalue weighted by molar-refractivity contribution is -0.131. The van der Waals surface area contributed by atoms with Crippen LogP contribution >= 0.6 is 0 Å². The average molecular weight is 547 g/mol. The van der Waals surface area contributed by atoms with E-state index in [1.807, 2.05) is 24.3 Å². The normalized spacial score (nSPS) is 19.9. The molecule has 11 nitrogen and oxygen atoms in total. The van der Waals surface area contributed by atoms with Gasteiger partial charge < -0.3 is 30.1 Å². The predicted molar refractivity (Wildman–Crippen MR) is 151 cm³/mol. The molecule has 40 heavy (non-hydrogen) atoms. The molecule has 1 saturated carbocycles. The minimum absolute atomic E-state index is 0.0343. The van der Waals surface area contributed by atoms with Crippen molar-refractivity contribution in [2.75, 3.05) is 49.3 Å². The number of carbonyl (C=O) groups is 2. The van der Waals surface area contributed by atoms with E-state index in [0.29, 0.717) is 37.0 Å². The number of anilines is 2. The molecule has 11 heteroatoms. The highest BCUT2D eigenvalue weighted by Crippen LogP contribution is 2.43. The number of pyridine rings is 1. The number of amides is 1. The van der Waals surface area contributed by atoms with Crippen LogP contribution in [-0.2, 0) is 14.3 Å². The van der Waals surface area contributed by atoms with Crippen molar-refractivity contribution >= 4 is 34.7 Å². The van der Waals surface area contributed by atoms with Gasteiger partial charge in [-0.2, -0.15) is 9.97 Å². The number of aliphatic carboxylic acids is 1. The average Bonchev–Trinajstić information content (AvgIpc) is 3.70. The molecule has 3 N–H and O–H groups in total. The quantitative estimate of drug-likeness (QED) is 0.458.